The number of aromatic amines is 1. The molecular formula is C45H55F4N8O7+. The monoisotopic (exact) mass is 895 g/mol. The number of hydroxylamine groups is 2. The largest absolute Gasteiger partial charge is 0.573 e. The number of nitrogens with one attached hydrogen (secondary N) is 2. The number of carboxylic acid groups (broad SMARTS) is 1. The summed E-state index contributed by atoms with van der Waals surface area (Å²) in [4.78, 5) is 55.1. The van der Waals surface area contributed by atoms with E-state index in [4.69, 9.17) is 4.74 Å². The molecule has 0 aliphatic carbocycles. The van der Waals surface area contributed by atoms with Crippen molar-refractivity contribution in [2.45, 2.75) is 97.8 Å². The molecule has 3 aliphatic heterocycles. The Labute approximate surface area is 368 Å². The van der Waals surface area contributed by atoms with Crippen molar-refractivity contribution >= 4 is 29.4 Å². The van der Waals surface area contributed by atoms with Gasteiger partial charge in [0.2, 0.25) is 5.91 Å². The van der Waals surface area contributed by atoms with Crippen LogP contribution in [0.2, 0.25) is 0 Å². The maximum Gasteiger partial charge on any atom is 0.573 e. The highest BCUT2D eigenvalue weighted by atomic mass is 19.4. The summed E-state index contributed by atoms with van der Waals surface area (Å²) in [5.41, 5.74) is -0.0275. The first-order chi connectivity index (χ1) is 30.2. The fourth-order valence-electron chi connectivity index (χ4n) is 9.16. The van der Waals surface area contributed by atoms with E-state index in [1.165, 1.54) is 24.4 Å². The number of carbonyl (C=O) groups excluding carboxylic acids is 2. The van der Waals surface area contributed by atoms with E-state index in [1.54, 1.807) is 42.4 Å². The Morgan fingerprint density at radius 3 is 2.22 bits per heavy atom. The molecule has 7 rings (SSSR count). The minimum atomic E-state index is -5.29. The zero-order valence-corrected chi connectivity index (χ0v) is 36.7. The predicted octanol–water partition coefficient (Wildman–Crippen LogP) is 8.65. The third-order valence-corrected chi connectivity index (χ3v) is 12.6. The van der Waals surface area contributed by atoms with Crippen LogP contribution in [0.4, 0.5) is 33.9 Å². The number of H-pyrrole nitrogens is 1. The molecule has 5 heterocycles. The molecule has 3 fully saturated rings. The standard InChI is InChI=1S/C45H54F4N8O7/c1-26-7-15-36(56(26)57(62,43(60)61)28(3)29-17-21-63-22-18-29)40-51-24-35(53-40)31-10-8-30(9-11-31)33-13-14-34(38(46)39(33)64-45(47,48)49)41(58)52-32-12-16-37(50-23-32)55-20-19-54(25-27(55)2)42(59)44(4,5)6/h8-14,16,23-24,26-29,36,62H,7,15,17-22,25H2,1-6H3,(H2-,51,52,53,58,60,61)/p+1/t26-,27?,28?,36-,57?/m0/s1. The maximum atomic E-state index is 16.0. The van der Waals surface area contributed by atoms with E-state index in [1.807, 2.05) is 44.4 Å². The van der Waals surface area contributed by atoms with Gasteiger partial charge in [-0.1, -0.05) is 50.0 Å². The number of amides is 3. The predicted molar refractivity (Wildman–Crippen MR) is 227 cm³/mol. The van der Waals surface area contributed by atoms with Gasteiger partial charge in [0, 0.05) is 55.8 Å². The number of hydrogen-bond donors (Lipinski definition) is 4. The van der Waals surface area contributed by atoms with E-state index in [0.29, 0.717) is 81.4 Å². The van der Waals surface area contributed by atoms with E-state index in [9.17, 15) is 37.9 Å². The number of aromatic nitrogens is 3. The van der Waals surface area contributed by atoms with E-state index >= 15 is 4.39 Å². The normalized spacial score (nSPS) is 21.6. The smallest absolute Gasteiger partial charge is 0.432 e. The van der Waals surface area contributed by atoms with Crippen LogP contribution in [0.25, 0.3) is 22.4 Å². The number of alkyl halides is 3. The van der Waals surface area contributed by atoms with Gasteiger partial charge in [-0.25, -0.2) is 14.4 Å². The molecule has 2 aromatic carbocycles. The minimum absolute atomic E-state index is 0.0500. The van der Waals surface area contributed by atoms with E-state index in [2.05, 4.69) is 25.0 Å². The van der Waals surface area contributed by atoms with Gasteiger partial charge in [0.15, 0.2) is 17.6 Å². The third kappa shape index (κ3) is 9.43. The molecule has 64 heavy (non-hydrogen) atoms. The summed E-state index contributed by atoms with van der Waals surface area (Å²) in [5.74, 6) is -2.72. The minimum Gasteiger partial charge on any atom is -0.432 e. The van der Waals surface area contributed by atoms with Crippen molar-refractivity contribution in [1.82, 2.24) is 24.9 Å². The van der Waals surface area contributed by atoms with Crippen molar-refractivity contribution in [3.05, 3.63) is 78.1 Å². The number of piperazine rings is 1. The average molecular weight is 896 g/mol. The van der Waals surface area contributed by atoms with Gasteiger partial charge in [-0.3, -0.25) is 9.59 Å². The van der Waals surface area contributed by atoms with Gasteiger partial charge in [0.25, 0.3) is 5.91 Å². The Hall–Kier alpha value is -5.63. The quantitative estimate of drug-likeness (QED) is 0.0520. The number of hydrogen-bond acceptors (Lipinski definition) is 10. The van der Waals surface area contributed by atoms with Gasteiger partial charge >= 0.3 is 12.5 Å². The van der Waals surface area contributed by atoms with Crippen molar-refractivity contribution in [2.24, 2.45) is 11.3 Å². The first-order valence-electron chi connectivity index (χ1n) is 21.5. The topological polar surface area (TPSA) is 173 Å². The summed E-state index contributed by atoms with van der Waals surface area (Å²) in [7, 11) is 0. The maximum absolute atomic E-state index is 16.0. The number of nitrogens with zero attached hydrogens (tertiary/aromatic N) is 6. The highest BCUT2D eigenvalue weighted by Gasteiger charge is 2.58. The lowest BCUT2D eigenvalue weighted by atomic mass is 9.92. The van der Waals surface area contributed by atoms with Crippen molar-refractivity contribution in [3.8, 4) is 28.1 Å². The molecule has 3 unspecified atom stereocenters. The van der Waals surface area contributed by atoms with Crippen molar-refractivity contribution in [3.63, 3.8) is 0 Å². The van der Waals surface area contributed by atoms with Crippen LogP contribution in [0.5, 0.6) is 5.75 Å². The Balaban J connectivity index is 1.07. The lowest BCUT2D eigenvalue weighted by Crippen LogP contribution is -2.68. The molecule has 3 saturated heterocycles. The summed E-state index contributed by atoms with van der Waals surface area (Å²) in [6.45, 7) is 13.7. The second kappa shape index (κ2) is 18.1. The van der Waals surface area contributed by atoms with Crippen LogP contribution in [0.15, 0.2) is 60.9 Å². The van der Waals surface area contributed by atoms with Crippen molar-refractivity contribution in [2.75, 3.05) is 43.1 Å². The first-order valence-corrected chi connectivity index (χ1v) is 21.5. The summed E-state index contributed by atoms with van der Waals surface area (Å²) in [6.07, 6.45) is -1.41. The second-order valence-electron chi connectivity index (χ2n) is 18.0. The Kier molecular flexibility index (Phi) is 13.1. The lowest BCUT2D eigenvalue weighted by molar-refractivity contribution is -1.15. The molecule has 0 saturated carbocycles. The Morgan fingerprint density at radius 1 is 0.922 bits per heavy atom. The fraction of sp³-hybridized carbons (Fsp3) is 0.489. The lowest BCUT2D eigenvalue weighted by Gasteiger charge is -2.43. The number of imidazole rings is 1. The zero-order valence-electron chi connectivity index (χ0n) is 36.7. The molecule has 4 N–H and O–H groups in total. The molecule has 4 aromatic rings. The third-order valence-electron chi connectivity index (χ3n) is 12.6. The molecule has 3 aliphatic rings. The summed E-state index contributed by atoms with van der Waals surface area (Å²) in [5, 5.41) is 26.5. The van der Waals surface area contributed by atoms with Crippen molar-refractivity contribution in [1.29, 1.82) is 0 Å². The van der Waals surface area contributed by atoms with Crippen LogP contribution in [0.3, 0.4) is 0 Å². The molecule has 3 amide bonds. The number of pyridine rings is 1. The SMILES string of the molecule is CC1CN(C(=O)C(C)(C)C)CCN1c1ccc(NC(=O)c2ccc(-c3ccc(-c4cnc([C@@H]5CC[C@H](C)N5[N+](O)(C(=O)O)C(C)C5CCOCC5)[nH]4)cc3)c(OC(F)(F)F)c2F)cn1. The van der Waals surface area contributed by atoms with Gasteiger partial charge in [0.1, 0.15) is 17.7 Å². The molecule has 19 heteroatoms. The van der Waals surface area contributed by atoms with Gasteiger partial charge in [-0.2, -0.15) is 10.0 Å². The molecular weight excluding hydrogens is 841 g/mol. The molecule has 344 valence electrons. The molecule has 15 nitrogen and oxygen atoms in total. The van der Waals surface area contributed by atoms with Crippen LogP contribution in [0.1, 0.15) is 89.4 Å². The number of anilines is 2. The van der Waals surface area contributed by atoms with Crippen LogP contribution >= 0.6 is 0 Å². The summed E-state index contributed by atoms with van der Waals surface area (Å²) >= 11 is 0. The van der Waals surface area contributed by atoms with Gasteiger partial charge in [-0.15, -0.1) is 13.2 Å². The van der Waals surface area contributed by atoms with Crippen LogP contribution < -0.4 is 15.0 Å². The molecule has 2 aromatic heterocycles. The fourth-order valence-corrected chi connectivity index (χ4v) is 9.16. The number of rotatable bonds is 10. The Bertz CT molecular complexity index is 2330. The summed E-state index contributed by atoms with van der Waals surface area (Å²) in [6, 6.07) is 10.0. The van der Waals surface area contributed by atoms with Gasteiger partial charge in [0.05, 0.1) is 35.4 Å². The van der Waals surface area contributed by atoms with Gasteiger partial charge in [-0.05, 0) is 86.6 Å². The number of ether oxygens (including phenoxy) is 2. The van der Waals surface area contributed by atoms with E-state index in [-0.39, 0.29) is 40.7 Å². The summed E-state index contributed by atoms with van der Waals surface area (Å²) < 4.78 is 65.7. The second-order valence-corrected chi connectivity index (χ2v) is 18.0. The first kappa shape index (κ1) is 46.4. The highest BCUT2D eigenvalue weighted by molar-refractivity contribution is 6.05. The van der Waals surface area contributed by atoms with E-state index in [0.717, 1.165) is 6.07 Å². The zero-order chi connectivity index (χ0) is 46.3. The highest BCUT2D eigenvalue weighted by Crippen LogP contribution is 2.43. The van der Waals surface area contributed by atoms with Crippen LogP contribution in [-0.4, -0.2) is 115 Å². The Morgan fingerprint density at radius 2 is 1.61 bits per heavy atom. The number of carbonyl (C=O) groups is 3. The number of quaternary nitrogens is 1. The van der Waals surface area contributed by atoms with Crippen LogP contribution in [-0.2, 0) is 9.53 Å². The van der Waals surface area contributed by atoms with Gasteiger partial charge < -0.3 is 34.7 Å². The molecule has 0 bridgehead atoms. The number of benzene rings is 2. The van der Waals surface area contributed by atoms with E-state index < -0.39 is 57.7 Å². The molecule has 0 radical (unpaired) electrons. The van der Waals surface area contributed by atoms with Crippen LogP contribution in [0, 0.1) is 17.2 Å². The molecule has 5 atom stereocenters. The average Bonchev–Trinajstić information content (AvgIpc) is 3.90. The number of halogens is 4. The van der Waals surface area contributed by atoms with Crippen molar-refractivity contribution < 1.29 is 56.5 Å². The molecule has 0 spiro atoms.